The molecule has 0 saturated carbocycles. The molecule has 0 fully saturated rings. The molecule has 104 valence electrons. The van der Waals surface area contributed by atoms with Crippen LogP contribution in [0.3, 0.4) is 0 Å². The smallest absolute Gasteiger partial charge is 0.152 e. The molecule has 0 aliphatic heterocycles. The zero-order valence-corrected chi connectivity index (χ0v) is 11.6. The Morgan fingerprint density at radius 1 is 1.15 bits per heavy atom. The summed E-state index contributed by atoms with van der Waals surface area (Å²) in [5.41, 5.74) is 3.36. The van der Waals surface area contributed by atoms with Gasteiger partial charge in [0.15, 0.2) is 6.29 Å². The molecule has 2 rings (SSSR count). The fourth-order valence-corrected chi connectivity index (χ4v) is 2.34. The molecule has 0 unspecified atom stereocenters. The lowest BCUT2D eigenvalue weighted by Crippen LogP contribution is -1.98. The number of unbranched alkanes of at least 4 members (excludes halogenated alkanes) is 2. The van der Waals surface area contributed by atoms with E-state index in [2.05, 4.69) is 11.9 Å². The lowest BCUT2D eigenvalue weighted by atomic mass is 9.94. The highest BCUT2D eigenvalue weighted by Crippen LogP contribution is 2.27. The number of rotatable bonds is 6. The second kappa shape index (κ2) is 6.94. The summed E-state index contributed by atoms with van der Waals surface area (Å²) in [5.74, 6) is -0.275. The first-order valence-corrected chi connectivity index (χ1v) is 6.94. The fourth-order valence-electron chi connectivity index (χ4n) is 2.34. The zero-order chi connectivity index (χ0) is 14.4. The Bertz CT molecular complexity index is 578. The van der Waals surface area contributed by atoms with E-state index in [4.69, 9.17) is 0 Å². The predicted octanol–water partition coefficient (Wildman–Crippen LogP) is 4.43. The number of halogens is 1. The predicted molar refractivity (Wildman–Crippen MR) is 78.2 cm³/mol. The molecule has 0 N–H and O–H groups in total. The largest absolute Gasteiger partial charge is 0.298 e. The second-order valence-corrected chi connectivity index (χ2v) is 4.84. The molecule has 0 saturated heterocycles. The Labute approximate surface area is 118 Å². The summed E-state index contributed by atoms with van der Waals surface area (Å²) in [6.07, 6.45) is 8.43. The van der Waals surface area contributed by atoms with Gasteiger partial charge in [0.05, 0.1) is 0 Å². The van der Waals surface area contributed by atoms with Crippen molar-refractivity contribution in [3.05, 3.63) is 53.6 Å². The number of aryl methyl sites for hydroxylation is 1. The van der Waals surface area contributed by atoms with Crippen molar-refractivity contribution in [1.82, 2.24) is 4.98 Å². The Morgan fingerprint density at radius 3 is 2.55 bits per heavy atom. The van der Waals surface area contributed by atoms with Crippen LogP contribution < -0.4 is 0 Å². The summed E-state index contributed by atoms with van der Waals surface area (Å²) in [4.78, 5) is 15.4. The van der Waals surface area contributed by atoms with Crippen molar-refractivity contribution in [2.75, 3.05) is 0 Å². The molecule has 0 radical (unpaired) electrons. The average molecular weight is 271 g/mol. The molecule has 0 spiro atoms. The Morgan fingerprint density at radius 2 is 1.90 bits per heavy atom. The number of aldehydes is 1. The van der Waals surface area contributed by atoms with E-state index >= 15 is 0 Å². The fraction of sp³-hybridized carbons (Fsp3) is 0.294. The molecular formula is C17H18FNO. The quantitative estimate of drug-likeness (QED) is 0.574. The molecule has 0 atom stereocenters. The Kier molecular flexibility index (Phi) is 4.99. The lowest BCUT2D eigenvalue weighted by molar-refractivity contribution is 0.112. The van der Waals surface area contributed by atoms with Crippen LogP contribution in [0.2, 0.25) is 0 Å². The monoisotopic (exact) mass is 271 g/mol. The van der Waals surface area contributed by atoms with E-state index < -0.39 is 0 Å². The Balaban J connectivity index is 2.42. The summed E-state index contributed by atoms with van der Waals surface area (Å²) < 4.78 is 13.1. The number of nitrogens with zero attached hydrogens (tertiary/aromatic N) is 1. The van der Waals surface area contributed by atoms with E-state index in [1.807, 2.05) is 0 Å². The average Bonchev–Trinajstić information content (AvgIpc) is 2.48. The van der Waals surface area contributed by atoms with Gasteiger partial charge in [-0.3, -0.25) is 9.78 Å². The molecule has 1 heterocycles. The summed E-state index contributed by atoms with van der Waals surface area (Å²) in [6.45, 7) is 2.15. The van der Waals surface area contributed by atoms with Crippen molar-refractivity contribution < 1.29 is 9.18 Å². The molecule has 1 aromatic carbocycles. The highest BCUT2D eigenvalue weighted by Gasteiger charge is 2.11. The molecule has 0 aliphatic carbocycles. The number of aromatic nitrogens is 1. The summed E-state index contributed by atoms with van der Waals surface area (Å²) >= 11 is 0. The number of hydrogen-bond donors (Lipinski definition) is 0. The van der Waals surface area contributed by atoms with E-state index in [1.165, 1.54) is 12.1 Å². The standard InChI is InChI=1S/C17H18FNO/c1-2-3-4-5-14-10-19-11-15(12-20)17(14)13-6-8-16(18)9-7-13/h6-12H,2-5H2,1H3. The third kappa shape index (κ3) is 3.29. The maximum Gasteiger partial charge on any atom is 0.152 e. The van der Waals surface area contributed by atoms with Crippen LogP contribution in [-0.2, 0) is 6.42 Å². The summed E-state index contributed by atoms with van der Waals surface area (Å²) in [7, 11) is 0. The topological polar surface area (TPSA) is 30.0 Å². The van der Waals surface area contributed by atoms with Gasteiger partial charge in [0.1, 0.15) is 5.82 Å². The first-order valence-electron chi connectivity index (χ1n) is 6.94. The van der Waals surface area contributed by atoms with Gasteiger partial charge in [-0.15, -0.1) is 0 Å². The maximum atomic E-state index is 13.1. The molecule has 0 amide bonds. The number of pyridine rings is 1. The number of carbonyl (C=O) groups is 1. The minimum absolute atomic E-state index is 0.275. The van der Waals surface area contributed by atoms with Crippen molar-refractivity contribution in [3.63, 3.8) is 0 Å². The van der Waals surface area contributed by atoms with Crippen LogP contribution >= 0.6 is 0 Å². The minimum atomic E-state index is -0.275. The summed E-state index contributed by atoms with van der Waals surface area (Å²) in [6, 6.07) is 6.25. The van der Waals surface area contributed by atoms with Crippen molar-refractivity contribution in [3.8, 4) is 11.1 Å². The van der Waals surface area contributed by atoms with Gasteiger partial charge in [-0.25, -0.2) is 4.39 Å². The van der Waals surface area contributed by atoms with Crippen LogP contribution in [0, 0.1) is 5.82 Å². The van der Waals surface area contributed by atoms with Crippen molar-refractivity contribution in [2.45, 2.75) is 32.6 Å². The van der Waals surface area contributed by atoms with Crippen molar-refractivity contribution >= 4 is 6.29 Å². The highest BCUT2D eigenvalue weighted by atomic mass is 19.1. The number of benzene rings is 1. The van der Waals surface area contributed by atoms with E-state index in [0.29, 0.717) is 5.56 Å². The van der Waals surface area contributed by atoms with E-state index in [9.17, 15) is 9.18 Å². The van der Waals surface area contributed by atoms with Crippen LogP contribution in [0.4, 0.5) is 4.39 Å². The number of hydrogen-bond acceptors (Lipinski definition) is 2. The van der Waals surface area contributed by atoms with Gasteiger partial charge in [0.25, 0.3) is 0 Å². The lowest BCUT2D eigenvalue weighted by Gasteiger charge is -2.11. The minimum Gasteiger partial charge on any atom is -0.298 e. The third-order valence-electron chi connectivity index (χ3n) is 3.36. The molecule has 2 nitrogen and oxygen atoms in total. The molecule has 3 heteroatoms. The van der Waals surface area contributed by atoms with Gasteiger partial charge in [0, 0.05) is 18.0 Å². The SMILES string of the molecule is CCCCCc1cncc(C=O)c1-c1ccc(F)cc1. The van der Waals surface area contributed by atoms with Gasteiger partial charge in [-0.05, 0) is 41.7 Å². The van der Waals surface area contributed by atoms with Crippen LogP contribution in [-0.4, -0.2) is 11.3 Å². The maximum absolute atomic E-state index is 13.1. The molecular weight excluding hydrogens is 253 g/mol. The van der Waals surface area contributed by atoms with Gasteiger partial charge in [-0.2, -0.15) is 0 Å². The van der Waals surface area contributed by atoms with Gasteiger partial charge < -0.3 is 0 Å². The van der Waals surface area contributed by atoms with Crippen LogP contribution in [0.25, 0.3) is 11.1 Å². The van der Waals surface area contributed by atoms with Crippen LogP contribution in [0.15, 0.2) is 36.7 Å². The van der Waals surface area contributed by atoms with Gasteiger partial charge in [0.2, 0.25) is 0 Å². The van der Waals surface area contributed by atoms with E-state index in [1.54, 1.807) is 24.5 Å². The van der Waals surface area contributed by atoms with E-state index in [-0.39, 0.29) is 5.82 Å². The van der Waals surface area contributed by atoms with Crippen molar-refractivity contribution in [1.29, 1.82) is 0 Å². The highest BCUT2D eigenvalue weighted by molar-refractivity contribution is 5.88. The molecule has 2 aromatic rings. The number of carbonyl (C=O) groups excluding carboxylic acids is 1. The molecule has 0 bridgehead atoms. The zero-order valence-electron chi connectivity index (χ0n) is 11.6. The van der Waals surface area contributed by atoms with Crippen LogP contribution in [0.5, 0.6) is 0 Å². The first-order chi connectivity index (χ1) is 9.76. The van der Waals surface area contributed by atoms with E-state index in [0.717, 1.165) is 48.7 Å². The molecule has 0 aliphatic rings. The van der Waals surface area contributed by atoms with Gasteiger partial charge >= 0.3 is 0 Å². The van der Waals surface area contributed by atoms with Crippen LogP contribution in [0.1, 0.15) is 42.1 Å². The molecule has 20 heavy (non-hydrogen) atoms. The third-order valence-corrected chi connectivity index (χ3v) is 3.36. The normalized spacial score (nSPS) is 10.5. The van der Waals surface area contributed by atoms with Gasteiger partial charge in [-0.1, -0.05) is 31.9 Å². The Hall–Kier alpha value is -2.03. The second-order valence-electron chi connectivity index (χ2n) is 4.84. The first kappa shape index (κ1) is 14.4. The summed E-state index contributed by atoms with van der Waals surface area (Å²) in [5, 5.41) is 0. The van der Waals surface area contributed by atoms with Crippen molar-refractivity contribution in [2.24, 2.45) is 0 Å². The molecule has 1 aromatic heterocycles.